The number of aliphatic hydroxyl groups excluding tert-OH is 1. The molecule has 1 aliphatic heterocycles. The molecule has 2 N–H and O–H groups in total. The lowest BCUT2D eigenvalue weighted by molar-refractivity contribution is 0.266. The molecule has 16 heavy (non-hydrogen) atoms. The van der Waals surface area contributed by atoms with Crippen molar-refractivity contribution < 1.29 is 5.11 Å². The van der Waals surface area contributed by atoms with Crippen molar-refractivity contribution in [2.75, 3.05) is 29.9 Å². The van der Waals surface area contributed by atoms with Gasteiger partial charge in [0.15, 0.2) is 0 Å². The minimum absolute atomic E-state index is 0.215. The highest BCUT2D eigenvalue weighted by molar-refractivity contribution is 5.48. The summed E-state index contributed by atoms with van der Waals surface area (Å²) in [5.41, 5.74) is 0. The number of hydrogen-bond donors (Lipinski definition) is 2. The molecule has 0 radical (unpaired) electrons. The highest BCUT2D eigenvalue weighted by Gasteiger charge is 2.24. The second kappa shape index (κ2) is 5.16. The van der Waals surface area contributed by atoms with E-state index < -0.39 is 0 Å². The SMILES string of the molecule is CCNc1cccc(N2CCCC2CO)n1. The summed E-state index contributed by atoms with van der Waals surface area (Å²) in [6.07, 6.45) is 2.20. The molecule has 1 unspecified atom stereocenters. The lowest BCUT2D eigenvalue weighted by Gasteiger charge is -2.24. The van der Waals surface area contributed by atoms with Gasteiger partial charge in [-0.2, -0.15) is 0 Å². The third kappa shape index (κ3) is 2.27. The summed E-state index contributed by atoms with van der Waals surface area (Å²) < 4.78 is 0. The molecule has 4 heteroatoms. The first-order chi connectivity index (χ1) is 7.85. The van der Waals surface area contributed by atoms with Crippen LogP contribution in [0.15, 0.2) is 18.2 Å². The summed E-state index contributed by atoms with van der Waals surface area (Å²) in [5.74, 6) is 1.87. The molecule has 1 aromatic rings. The molecule has 0 aliphatic carbocycles. The topological polar surface area (TPSA) is 48.4 Å². The summed E-state index contributed by atoms with van der Waals surface area (Å²) in [6, 6.07) is 6.23. The summed E-state index contributed by atoms with van der Waals surface area (Å²) in [4.78, 5) is 6.74. The predicted molar refractivity (Wildman–Crippen MR) is 65.9 cm³/mol. The Hall–Kier alpha value is -1.29. The van der Waals surface area contributed by atoms with Crippen molar-refractivity contribution >= 4 is 11.6 Å². The molecule has 0 bridgehead atoms. The Kier molecular flexibility index (Phi) is 3.62. The average molecular weight is 221 g/mol. The van der Waals surface area contributed by atoms with E-state index in [0.29, 0.717) is 0 Å². The number of nitrogens with one attached hydrogen (secondary N) is 1. The van der Waals surface area contributed by atoms with E-state index in [1.54, 1.807) is 0 Å². The second-order valence-corrected chi connectivity index (χ2v) is 4.08. The van der Waals surface area contributed by atoms with Crippen LogP contribution in [0.25, 0.3) is 0 Å². The Morgan fingerprint density at radius 2 is 2.44 bits per heavy atom. The quantitative estimate of drug-likeness (QED) is 0.808. The summed E-state index contributed by atoms with van der Waals surface area (Å²) in [7, 11) is 0. The largest absolute Gasteiger partial charge is 0.394 e. The van der Waals surface area contributed by atoms with Crippen molar-refractivity contribution in [3.8, 4) is 0 Å². The van der Waals surface area contributed by atoms with Crippen molar-refractivity contribution in [3.05, 3.63) is 18.2 Å². The van der Waals surface area contributed by atoms with Gasteiger partial charge in [-0.1, -0.05) is 6.07 Å². The first-order valence-corrected chi connectivity index (χ1v) is 5.93. The molecule has 1 saturated heterocycles. The van der Waals surface area contributed by atoms with Crippen LogP contribution in [0.4, 0.5) is 11.6 Å². The maximum Gasteiger partial charge on any atom is 0.131 e. The van der Waals surface area contributed by atoms with E-state index in [4.69, 9.17) is 0 Å². The molecular formula is C12H19N3O. The van der Waals surface area contributed by atoms with Gasteiger partial charge in [-0.15, -0.1) is 0 Å². The summed E-state index contributed by atoms with van der Waals surface area (Å²) in [6.45, 7) is 4.14. The number of aliphatic hydroxyl groups is 1. The van der Waals surface area contributed by atoms with Crippen molar-refractivity contribution in [2.45, 2.75) is 25.8 Å². The average Bonchev–Trinajstić information content (AvgIpc) is 2.78. The van der Waals surface area contributed by atoms with Gasteiger partial charge in [0.1, 0.15) is 11.6 Å². The molecular weight excluding hydrogens is 202 g/mol. The van der Waals surface area contributed by atoms with Crippen molar-refractivity contribution in [3.63, 3.8) is 0 Å². The van der Waals surface area contributed by atoms with Gasteiger partial charge in [-0.3, -0.25) is 0 Å². The fourth-order valence-corrected chi connectivity index (χ4v) is 2.19. The predicted octanol–water partition coefficient (Wildman–Crippen LogP) is 1.47. The maximum atomic E-state index is 9.29. The van der Waals surface area contributed by atoms with Gasteiger partial charge in [0.05, 0.1) is 12.6 Å². The first kappa shape index (κ1) is 11.2. The zero-order chi connectivity index (χ0) is 11.4. The minimum Gasteiger partial charge on any atom is -0.394 e. The van der Waals surface area contributed by atoms with Crippen LogP contribution < -0.4 is 10.2 Å². The van der Waals surface area contributed by atoms with Crippen molar-refractivity contribution in [1.82, 2.24) is 4.98 Å². The van der Waals surface area contributed by atoms with Crippen LogP contribution in [-0.2, 0) is 0 Å². The van der Waals surface area contributed by atoms with E-state index in [1.807, 2.05) is 18.2 Å². The molecule has 1 aliphatic rings. The Balaban J connectivity index is 2.16. The van der Waals surface area contributed by atoms with Gasteiger partial charge < -0.3 is 15.3 Å². The highest BCUT2D eigenvalue weighted by atomic mass is 16.3. The molecule has 0 saturated carbocycles. The number of pyridine rings is 1. The zero-order valence-electron chi connectivity index (χ0n) is 9.69. The molecule has 2 heterocycles. The number of anilines is 2. The summed E-state index contributed by atoms with van der Waals surface area (Å²) in [5, 5.41) is 12.5. The molecule has 0 aromatic carbocycles. The fourth-order valence-electron chi connectivity index (χ4n) is 2.19. The van der Waals surface area contributed by atoms with Crippen LogP contribution >= 0.6 is 0 Å². The third-order valence-electron chi connectivity index (χ3n) is 2.97. The zero-order valence-corrected chi connectivity index (χ0v) is 9.69. The van der Waals surface area contributed by atoms with E-state index in [2.05, 4.69) is 22.1 Å². The Bertz CT molecular complexity index is 343. The number of nitrogens with zero attached hydrogens (tertiary/aromatic N) is 2. The van der Waals surface area contributed by atoms with E-state index in [0.717, 1.165) is 37.6 Å². The monoisotopic (exact) mass is 221 g/mol. The van der Waals surface area contributed by atoms with Crippen LogP contribution in [-0.4, -0.2) is 35.8 Å². The Labute approximate surface area is 96.3 Å². The van der Waals surface area contributed by atoms with Crippen LogP contribution in [0.5, 0.6) is 0 Å². The van der Waals surface area contributed by atoms with Gasteiger partial charge in [-0.05, 0) is 31.9 Å². The van der Waals surface area contributed by atoms with Crippen LogP contribution in [0.1, 0.15) is 19.8 Å². The number of aromatic nitrogens is 1. The van der Waals surface area contributed by atoms with E-state index >= 15 is 0 Å². The Morgan fingerprint density at radius 3 is 3.19 bits per heavy atom. The van der Waals surface area contributed by atoms with E-state index in [9.17, 15) is 5.11 Å². The normalized spacial score (nSPS) is 20.1. The molecule has 1 aromatic heterocycles. The molecule has 1 fully saturated rings. The molecule has 0 spiro atoms. The van der Waals surface area contributed by atoms with Gasteiger partial charge in [-0.25, -0.2) is 4.98 Å². The first-order valence-electron chi connectivity index (χ1n) is 5.93. The van der Waals surface area contributed by atoms with Gasteiger partial charge in [0.25, 0.3) is 0 Å². The second-order valence-electron chi connectivity index (χ2n) is 4.08. The van der Waals surface area contributed by atoms with E-state index in [-0.39, 0.29) is 12.6 Å². The lowest BCUT2D eigenvalue weighted by atomic mass is 10.2. The Morgan fingerprint density at radius 1 is 1.56 bits per heavy atom. The van der Waals surface area contributed by atoms with Gasteiger partial charge in [0.2, 0.25) is 0 Å². The van der Waals surface area contributed by atoms with E-state index in [1.165, 1.54) is 0 Å². The van der Waals surface area contributed by atoms with Crippen molar-refractivity contribution in [1.29, 1.82) is 0 Å². The molecule has 1 atom stereocenters. The molecule has 4 nitrogen and oxygen atoms in total. The van der Waals surface area contributed by atoms with Gasteiger partial charge >= 0.3 is 0 Å². The highest BCUT2D eigenvalue weighted by Crippen LogP contribution is 2.24. The van der Waals surface area contributed by atoms with Crippen LogP contribution in [0.3, 0.4) is 0 Å². The van der Waals surface area contributed by atoms with Crippen molar-refractivity contribution in [2.24, 2.45) is 0 Å². The van der Waals surface area contributed by atoms with Crippen LogP contribution in [0, 0.1) is 0 Å². The molecule has 88 valence electrons. The smallest absolute Gasteiger partial charge is 0.131 e. The van der Waals surface area contributed by atoms with Gasteiger partial charge in [0, 0.05) is 13.1 Å². The standard InChI is InChI=1S/C12H19N3O/c1-2-13-11-6-3-7-12(14-11)15-8-4-5-10(15)9-16/h3,6-7,10,16H,2,4-5,8-9H2,1H3,(H,13,14). The number of rotatable bonds is 4. The lowest BCUT2D eigenvalue weighted by Crippen LogP contribution is -2.32. The fraction of sp³-hybridized carbons (Fsp3) is 0.583. The third-order valence-corrected chi connectivity index (χ3v) is 2.97. The maximum absolute atomic E-state index is 9.29. The van der Waals surface area contributed by atoms with Crippen LogP contribution in [0.2, 0.25) is 0 Å². The minimum atomic E-state index is 0.215. The molecule has 2 rings (SSSR count). The number of hydrogen-bond acceptors (Lipinski definition) is 4. The summed E-state index contributed by atoms with van der Waals surface area (Å²) >= 11 is 0. The molecule has 0 amide bonds.